The molecule has 1 fully saturated rings. The van der Waals surface area contributed by atoms with Crippen molar-refractivity contribution in [3.63, 3.8) is 0 Å². The molecule has 0 aliphatic carbocycles. The monoisotopic (exact) mass is 551 g/mol. The number of ether oxygens (including phenoxy) is 2. The molecule has 2 aromatic carbocycles. The molecule has 9 nitrogen and oxygen atoms in total. The van der Waals surface area contributed by atoms with Gasteiger partial charge in [-0.1, -0.05) is 35.9 Å². The highest BCUT2D eigenvalue weighted by molar-refractivity contribution is 6.62. The molecule has 2 heterocycles. The number of methoxy groups -OCH3 is 1. The molecule has 0 unspecified atom stereocenters. The zero-order chi connectivity index (χ0) is 29.2. The number of amides is 1. The summed E-state index contributed by atoms with van der Waals surface area (Å²) in [4.78, 5) is 29.8. The van der Waals surface area contributed by atoms with Gasteiger partial charge in [-0.25, -0.2) is 10.3 Å². The summed E-state index contributed by atoms with van der Waals surface area (Å²) in [5.41, 5.74) is 6.64. The van der Waals surface area contributed by atoms with E-state index in [4.69, 9.17) is 23.6 Å². The lowest BCUT2D eigenvalue weighted by Crippen LogP contribution is -2.41. The zero-order valence-electron chi connectivity index (χ0n) is 24.3. The summed E-state index contributed by atoms with van der Waals surface area (Å²) < 4.78 is 22.8. The number of aromatic hydroxyl groups is 1. The summed E-state index contributed by atoms with van der Waals surface area (Å²) in [6, 6.07) is 7.72. The average molecular weight is 551 g/mol. The lowest BCUT2D eigenvalue weighted by atomic mass is 9.79. The van der Waals surface area contributed by atoms with Gasteiger partial charge in [-0.05, 0) is 71.0 Å². The second-order valence-electron chi connectivity index (χ2n) is 11.3. The van der Waals surface area contributed by atoms with Crippen LogP contribution in [0.25, 0.3) is 0 Å². The average Bonchev–Trinajstić information content (AvgIpc) is 3.39. The van der Waals surface area contributed by atoms with Gasteiger partial charge in [0, 0.05) is 17.5 Å². The van der Waals surface area contributed by atoms with Crippen molar-refractivity contribution in [1.29, 1.82) is 0 Å². The number of phenolic OH excluding ortho intramolecular Hbond substituents is 1. The third-order valence-electron chi connectivity index (χ3n) is 7.98. The first-order chi connectivity index (χ1) is 18.8. The second kappa shape index (κ2) is 11.6. The van der Waals surface area contributed by atoms with Gasteiger partial charge in [0.15, 0.2) is 0 Å². The molecule has 4 rings (SSSR count). The first kappa shape index (κ1) is 29.6. The van der Waals surface area contributed by atoms with Gasteiger partial charge < -0.3 is 23.9 Å². The number of fused-ring (bicyclic) bond motifs is 1. The molecule has 2 aliphatic heterocycles. The lowest BCUT2D eigenvalue weighted by Gasteiger charge is -2.32. The van der Waals surface area contributed by atoms with Crippen LogP contribution < -0.4 is 15.7 Å². The molecule has 2 aromatic rings. The van der Waals surface area contributed by atoms with Crippen LogP contribution in [0.3, 0.4) is 0 Å². The molecule has 40 heavy (non-hydrogen) atoms. The lowest BCUT2D eigenvalue weighted by molar-refractivity contribution is -0.134. The number of nitrogens with one attached hydrogen (secondary N) is 1. The van der Waals surface area contributed by atoms with E-state index in [1.807, 2.05) is 71.9 Å². The highest BCUT2D eigenvalue weighted by atomic mass is 16.7. The van der Waals surface area contributed by atoms with Crippen LogP contribution in [0.4, 0.5) is 0 Å². The second-order valence-corrected chi connectivity index (χ2v) is 11.3. The molecule has 1 saturated heterocycles. The van der Waals surface area contributed by atoms with Crippen LogP contribution >= 0.6 is 0 Å². The van der Waals surface area contributed by atoms with Crippen LogP contribution in [0.15, 0.2) is 35.9 Å². The third kappa shape index (κ3) is 6.04. The highest BCUT2D eigenvalue weighted by Gasteiger charge is 2.51. The van der Waals surface area contributed by atoms with Gasteiger partial charge in [0.05, 0.1) is 24.9 Å². The number of benzene rings is 2. The molecular weight excluding hydrogens is 513 g/mol. The molecule has 0 atom stereocenters. The Labute approximate surface area is 235 Å². The van der Waals surface area contributed by atoms with E-state index in [0.717, 1.165) is 22.2 Å². The van der Waals surface area contributed by atoms with Crippen molar-refractivity contribution in [2.24, 2.45) is 0 Å². The number of carbonyl (C=O) groups is 2. The minimum atomic E-state index is -0.530. The van der Waals surface area contributed by atoms with E-state index in [0.29, 0.717) is 29.7 Å². The summed E-state index contributed by atoms with van der Waals surface area (Å²) in [6.07, 6.45) is 3.01. The van der Waals surface area contributed by atoms with E-state index in [1.165, 1.54) is 7.11 Å². The fraction of sp³-hybridized carbons (Fsp3) is 0.467. The Kier molecular flexibility index (Phi) is 8.63. The van der Waals surface area contributed by atoms with Crippen molar-refractivity contribution in [1.82, 2.24) is 5.48 Å². The van der Waals surface area contributed by atoms with Gasteiger partial charge in [0.1, 0.15) is 23.7 Å². The standard InChI is InChI=1S/C30H38BNO8/c1-18(8-14-22-26(34)25-23(17-37-28(25)35)19(2)27(22)36-7)9-15-24(33)32-38-16-20-10-12-21(13-11-20)31-39-29(3,4)30(5,6)40-31/h8,10-13,34H,9,14-17H2,1-7H3,(H,32,33)/b18-8+. The van der Waals surface area contributed by atoms with Crippen LogP contribution in [0.2, 0.25) is 0 Å². The van der Waals surface area contributed by atoms with Gasteiger partial charge in [-0.2, -0.15) is 0 Å². The first-order valence-corrected chi connectivity index (χ1v) is 13.4. The molecule has 1 amide bonds. The number of allylic oxidation sites excluding steroid dienone is 2. The molecule has 214 valence electrons. The topological polar surface area (TPSA) is 113 Å². The van der Waals surface area contributed by atoms with Crippen molar-refractivity contribution in [3.05, 3.63) is 63.7 Å². The predicted octanol–water partition coefficient (Wildman–Crippen LogP) is 4.20. The minimum Gasteiger partial charge on any atom is -0.507 e. The number of esters is 1. The first-order valence-electron chi connectivity index (χ1n) is 13.4. The Hall–Kier alpha value is -3.34. The maximum atomic E-state index is 12.3. The Bertz CT molecular complexity index is 1300. The highest BCUT2D eigenvalue weighted by Crippen LogP contribution is 2.42. The Morgan fingerprint density at radius 2 is 1.77 bits per heavy atom. The zero-order valence-corrected chi connectivity index (χ0v) is 24.3. The minimum absolute atomic E-state index is 0.112. The van der Waals surface area contributed by atoms with Gasteiger partial charge in [0.2, 0.25) is 5.91 Å². The number of hydrogen-bond donors (Lipinski definition) is 2. The third-order valence-corrected chi connectivity index (χ3v) is 7.98. The van der Waals surface area contributed by atoms with E-state index < -0.39 is 24.3 Å². The molecule has 0 aromatic heterocycles. The number of hydrogen-bond acceptors (Lipinski definition) is 8. The summed E-state index contributed by atoms with van der Waals surface area (Å²) >= 11 is 0. The van der Waals surface area contributed by atoms with Gasteiger partial charge in [-0.15, -0.1) is 0 Å². The molecule has 2 N–H and O–H groups in total. The summed E-state index contributed by atoms with van der Waals surface area (Å²) in [5.74, 6) is -0.344. The fourth-order valence-corrected chi connectivity index (χ4v) is 4.72. The van der Waals surface area contributed by atoms with E-state index in [-0.39, 0.29) is 36.9 Å². The largest absolute Gasteiger partial charge is 0.507 e. The number of cyclic esters (lactones) is 1. The van der Waals surface area contributed by atoms with Crippen LogP contribution in [0.1, 0.15) is 80.1 Å². The molecule has 0 radical (unpaired) electrons. The summed E-state index contributed by atoms with van der Waals surface area (Å²) in [5, 5.41) is 10.7. The summed E-state index contributed by atoms with van der Waals surface area (Å²) in [6.45, 7) is 12.2. The molecule has 0 bridgehead atoms. The van der Waals surface area contributed by atoms with Crippen molar-refractivity contribution < 1.29 is 38.3 Å². The molecule has 0 spiro atoms. The Balaban J connectivity index is 1.24. The number of rotatable bonds is 10. The predicted molar refractivity (Wildman–Crippen MR) is 150 cm³/mol. The number of carbonyl (C=O) groups excluding carboxylic acids is 2. The van der Waals surface area contributed by atoms with Crippen LogP contribution in [0.5, 0.6) is 11.5 Å². The molecular formula is C30H38BNO8. The van der Waals surface area contributed by atoms with Crippen molar-refractivity contribution in [3.8, 4) is 11.5 Å². The van der Waals surface area contributed by atoms with E-state index in [2.05, 4.69) is 5.48 Å². The van der Waals surface area contributed by atoms with Gasteiger partial charge >= 0.3 is 13.1 Å². The van der Waals surface area contributed by atoms with Gasteiger partial charge in [-0.3, -0.25) is 9.63 Å². The van der Waals surface area contributed by atoms with Crippen LogP contribution in [-0.2, 0) is 43.3 Å². The van der Waals surface area contributed by atoms with E-state index >= 15 is 0 Å². The fourth-order valence-electron chi connectivity index (χ4n) is 4.72. The number of hydroxylamine groups is 1. The maximum Gasteiger partial charge on any atom is 0.494 e. The maximum absolute atomic E-state index is 12.3. The van der Waals surface area contributed by atoms with Crippen molar-refractivity contribution in [2.75, 3.05) is 7.11 Å². The van der Waals surface area contributed by atoms with Crippen LogP contribution in [0, 0.1) is 6.92 Å². The van der Waals surface area contributed by atoms with E-state index in [1.54, 1.807) is 0 Å². The SMILES string of the molecule is COc1c(C)c2c(c(O)c1C/C=C(\C)CCC(=O)NOCc1ccc(B3OC(C)(C)C(C)(C)O3)cc1)C(=O)OC2. The van der Waals surface area contributed by atoms with Crippen molar-refractivity contribution >= 4 is 24.5 Å². The number of phenols is 1. The Morgan fingerprint density at radius 1 is 1.12 bits per heavy atom. The van der Waals surface area contributed by atoms with Gasteiger partial charge in [0.25, 0.3) is 0 Å². The normalized spacial score (nSPS) is 17.5. The van der Waals surface area contributed by atoms with Crippen LogP contribution in [-0.4, -0.2) is 42.4 Å². The molecule has 10 heteroatoms. The molecule has 0 saturated carbocycles. The Morgan fingerprint density at radius 3 is 2.40 bits per heavy atom. The smallest absolute Gasteiger partial charge is 0.494 e. The van der Waals surface area contributed by atoms with Crippen molar-refractivity contribution in [2.45, 2.75) is 85.2 Å². The van der Waals surface area contributed by atoms with E-state index in [9.17, 15) is 14.7 Å². The quantitative estimate of drug-likeness (QED) is 0.196. The summed E-state index contributed by atoms with van der Waals surface area (Å²) in [7, 11) is 1.11. The molecule has 2 aliphatic rings.